The molecule has 0 saturated carbocycles. The molecule has 0 aromatic carbocycles. The van der Waals surface area contributed by atoms with E-state index < -0.39 is 0 Å². The van der Waals surface area contributed by atoms with Crippen LogP contribution in [0.3, 0.4) is 0 Å². The SMILES string of the molecule is CC(C)CC(C)(C)CNC(=O)C1CSCN1. The molecule has 1 atom stereocenters. The molecule has 1 amide bonds. The van der Waals surface area contributed by atoms with Crippen molar-refractivity contribution in [1.82, 2.24) is 10.6 Å². The molecule has 1 saturated heterocycles. The Morgan fingerprint density at radius 1 is 1.56 bits per heavy atom. The molecule has 1 aliphatic heterocycles. The van der Waals surface area contributed by atoms with Crippen molar-refractivity contribution < 1.29 is 4.79 Å². The molecule has 1 aliphatic rings. The van der Waals surface area contributed by atoms with E-state index >= 15 is 0 Å². The molecule has 1 rings (SSSR count). The quantitative estimate of drug-likeness (QED) is 0.775. The van der Waals surface area contributed by atoms with Gasteiger partial charge in [0.05, 0.1) is 6.04 Å². The molecular weight excluding hydrogens is 220 g/mol. The van der Waals surface area contributed by atoms with E-state index in [4.69, 9.17) is 0 Å². The summed E-state index contributed by atoms with van der Waals surface area (Å²) < 4.78 is 0. The topological polar surface area (TPSA) is 41.1 Å². The fraction of sp³-hybridized carbons (Fsp3) is 0.917. The Morgan fingerprint density at radius 3 is 2.75 bits per heavy atom. The van der Waals surface area contributed by atoms with E-state index in [1.165, 1.54) is 0 Å². The van der Waals surface area contributed by atoms with Crippen LogP contribution >= 0.6 is 11.8 Å². The second-order valence-corrected chi connectivity index (χ2v) is 6.78. The summed E-state index contributed by atoms with van der Waals surface area (Å²) in [6.07, 6.45) is 1.14. The maximum Gasteiger partial charge on any atom is 0.238 e. The summed E-state index contributed by atoms with van der Waals surface area (Å²) in [5, 5.41) is 6.24. The van der Waals surface area contributed by atoms with Crippen molar-refractivity contribution in [2.45, 2.75) is 40.2 Å². The second kappa shape index (κ2) is 5.92. The number of thioether (sulfide) groups is 1. The monoisotopic (exact) mass is 244 g/mol. The Hall–Kier alpha value is -0.220. The van der Waals surface area contributed by atoms with Crippen molar-refractivity contribution in [2.24, 2.45) is 11.3 Å². The summed E-state index contributed by atoms with van der Waals surface area (Å²) in [6.45, 7) is 9.64. The van der Waals surface area contributed by atoms with Gasteiger partial charge in [0.15, 0.2) is 0 Å². The maximum absolute atomic E-state index is 11.8. The summed E-state index contributed by atoms with van der Waals surface area (Å²) in [4.78, 5) is 11.8. The number of rotatable bonds is 5. The van der Waals surface area contributed by atoms with Crippen LogP contribution in [0.4, 0.5) is 0 Å². The third-order valence-electron chi connectivity index (χ3n) is 2.73. The summed E-state index contributed by atoms with van der Waals surface area (Å²) in [6, 6.07) is 0.0137. The Bertz CT molecular complexity index is 235. The van der Waals surface area contributed by atoms with Crippen molar-refractivity contribution in [3.63, 3.8) is 0 Å². The van der Waals surface area contributed by atoms with E-state index in [-0.39, 0.29) is 17.4 Å². The summed E-state index contributed by atoms with van der Waals surface area (Å²) in [5.41, 5.74) is 0.190. The standard InChI is InChI=1S/C12H24N2OS/c1-9(2)5-12(3,4)7-13-11(15)10-6-16-8-14-10/h9-10,14H,5-8H2,1-4H3,(H,13,15). The van der Waals surface area contributed by atoms with Crippen LogP contribution in [0.15, 0.2) is 0 Å². The van der Waals surface area contributed by atoms with Crippen LogP contribution < -0.4 is 10.6 Å². The minimum atomic E-state index is 0.0137. The predicted molar refractivity (Wildman–Crippen MR) is 70.5 cm³/mol. The highest BCUT2D eigenvalue weighted by atomic mass is 32.2. The fourth-order valence-electron chi connectivity index (χ4n) is 2.19. The van der Waals surface area contributed by atoms with E-state index in [9.17, 15) is 4.79 Å². The Kier molecular flexibility index (Phi) is 5.12. The molecule has 0 spiro atoms. The van der Waals surface area contributed by atoms with Crippen LogP contribution in [0.5, 0.6) is 0 Å². The molecule has 1 heterocycles. The lowest BCUT2D eigenvalue weighted by Gasteiger charge is -2.27. The van der Waals surface area contributed by atoms with Gasteiger partial charge >= 0.3 is 0 Å². The first kappa shape index (κ1) is 13.8. The van der Waals surface area contributed by atoms with Gasteiger partial charge in [-0.1, -0.05) is 27.7 Å². The molecule has 94 valence electrons. The first-order chi connectivity index (χ1) is 7.41. The van der Waals surface area contributed by atoms with Gasteiger partial charge in [-0.05, 0) is 17.8 Å². The highest BCUT2D eigenvalue weighted by Gasteiger charge is 2.25. The van der Waals surface area contributed by atoms with Crippen molar-refractivity contribution >= 4 is 17.7 Å². The zero-order valence-electron chi connectivity index (χ0n) is 10.8. The van der Waals surface area contributed by atoms with Gasteiger partial charge in [-0.15, -0.1) is 11.8 Å². The lowest BCUT2D eigenvalue weighted by molar-refractivity contribution is -0.122. The third-order valence-corrected chi connectivity index (χ3v) is 3.67. The highest BCUT2D eigenvalue weighted by Crippen LogP contribution is 2.24. The molecule has 0 bridgehead atoms. The zero-order valence-corrected chi connectivity index (χ0v) is 11.6. The van der Waals surface area contributed by atoms with Gasteiger partial charge in [0, 0.05) is 18.2 Å². The van der Waals surface area contributed by atoms with E-state index in [0.29, 0.717) is 5.92 Å². The second-order valence-electron chi connectivity index (χ2n) is 5.75. The molecule has 0 aromatic rings. The molecule has 0 radical (unpaired) electrons. The average molecular weight is 244 g/mol. The number of carbonyl (C=O) groups is 1. The van der Waals surface area contributed by atoms with Gasteiger partial charge in [-0.2, -0.15) is 0 Å². The maximum atomic E-state index is 11.8. The van der Waals surface area contributed by atoms with Gasteiger partial charge in [-0.25, -0.2) is 0 Å². The Balaban J connectivity index is 2.29. The smallest absolute Gasteiger partial charge is 0.238 e. The molecule has 1 fully saturated rings. The first-order valence-electron chi connectivity index (χ1n) is 5.99. The van der Waals surface area contributed by atoms with Gasteiger partial charge in [0.25, 0.3) is 0 Å². The first-order valence-corrected chi connectivity index (χ1v) is 7.15. The Morgan fingerprint density at radius 2 is 2.25 bits per heavy atom. The predicted octanol–water partition coefficient (Wildman–Crippen LogP) is 1.84. The number of hydrogen-bond donors (Lipinski definition) is 2. The molecule has 3 nitrogen and oxygen atoms in total. The zero-order chi connectivity index (χ0) is 12.2. The van der Waals surface area contributed by atoms with Crippen LogP contribution in [0.25, 0.3) is 0 Å². The molecule has 1 unspecified atom stereocenters. The lowest BCUT2D eigenvalue weighted by atomic mass is 9.84. The van der Waals surface area contributed by atoms with Crippen LogP contribution in [0, 0.1) is 11.3 Å². The Labute approximate surface area is 103 Å². The average Bonchev–Trinajstić information content (AvgIpc) is 2.64. The van der Waals surface area contributed by atoms with Gasteiger partial charge in [-0.3, -0.25) is 10.1 Å². The molecule has 2 N–H and O–H groups in total. The van der Waals surface area contributed by atoms with Crippen LogP contribution in [0.1, 0.15) is 34.1 Å². The number of amides is 1. The fourth-order valence-corrected chi connectivity index (χ4v) is 3.13. The van der Waals surface area contributed by atoms with Gasteiger partial charge in [0.2, 0.25) is 5.91 Å². The van der Waals surface area contributed by atoms with Gasteiger partial charge in [0.1, 0.15) is 0 Å². The van der Waals surface area contributed by atoms with Crippen LogP contribution in [0.2, 0.25) is 0 Å². The molecular formula is C12H24N2OS. The van der Waals surface area contributed by atoms with E-state index in [1.54, 1.807) is 11.8 Å². The third kappa shape index (κ3) is 4.74. The lowest BCUT2D eigenvalue weighted by Crippen LogP contribution is -2.45. The van der Waals surface area contributed by atoms with Crippen molar-refractivity contribution in [1.29, 1.82) is 0 Å². The minimum Gasteiger partial charge on any atom is -0.354 e. The number of carbonyl (C=O) groups excluding carboxylic acids is 1. The number of nitrogens with one attached hydrogen (secondary N) is 2. The molecule has 0 aromatic heterocycles. The molecule has 16 heavy (non-hydrogen) atoms. The summed E-state index contributed by atoms with van der Waals surface area (Å²) in [7, 11) is 0. The summed E-state index contributed by atoms with van der Waals surface area (Å²) in [5.74, 6) is 2.62. The van der Waals surface area contributed by atoms with Gasteiger partial charge < -0.3 is 5.32 Å². The van der Waals surface area contributed by atoms with Crippen molar-refractivity contribution in [2.75, 3.05) is 18.2 Å². The van der Waals surface area contributed by atoms with E-state index in [1.807, 2.05) is 0 Å². The number of hydrogen-bond acceptors (Lipinski definition) is 3. The van der Waals surface area contributed by atoms with E-state index in [2.05, 4.69) is 38.3 Å². The summed E-state index contributed by atoms with van der Waals surface area (Å²) >= 11 is 1.78. The van der Waals surface area contributed by atoms with Crippen LogP contribution in [-0.2, 0) is 4.79 Å². The molecule has 4 heteroatoms. The van der Waals surface area contributed by atoms with Crippen LogP contribution in [-0.4, -0.2) is 30.1 Å². The van der Waals surface area contributed by atoms with E-state index in [0.717, 1.165) is 24.6 Å². The van der Waals surface area contributed by atoms with Crippen molar-refractivity contribution in [3.05, 3.63) is 0 Å². The largest absolute Gasteiger partial charge is 0.354 e. The molecule has 0 aliphatic carbocycles. The minimum absolute atomic E-state index is 0.0137. The highest BCUT2D eigenvalue weighted by molar-refractivity contribution is 7.99. The normalized spacial score (nSPS) is 21.4. The van der Waals surface area contributed by atoms with Crippen molar-refractivity contribution in [3.8, 4) is 0 Å².